The largest absolute Gasteiger partial charge is 0.392 e. The molecule has 14 heavy (non-hydrogen) atoms. The summed E-state index contributed by atoms with van der Waals surface area (Å²) in [4.78, 5) is 2.47. The smallest absolute Gasteiger partial charge is 0.0639 e. The molecule has 3 nitrogen and oxygen atoms in total. The Morgan fingerprint density at radius 2 is 2.29 bits per heavy atom. The van der Waals surface area contributed by atoms with Crippen LogP contribution in [-0.4, -0.2) is 47.8 Å². The molecule has 0 bridgehead atoms. The lowest BCUT2D eigenvalue weighted by Gasteiger charge is -2.30. The maximum Gasteiger partial charge on any atom is 0.0639 e. The number of aliphatic hydroxyl groups excluding tert-OH is 1. The van der Waals surface area contributed by atoms with Crippen molar-refractivity contribution < 1.29 is 5.11 Å². The van der Waals surface area contributed by atoms with Crippen LogP contribution in [0, 0.1) is 0 Å². The minimum absolute atomic E-state index is 0.183. The van der Waals surface area contributed by atoms with Crippen LogP contribution in [-0.2, 0) is 0 Å². The van der Waals surface area contributed by atoms with Gasteiger partial charge in [0.2, 0.25) is 0 Å². The average molecular weight is 198 g/mol. The quantitative estimate of drug-likeness (QED) is 0.696. The molecule has 2 aliphatic rings. The molecule has 0 aromatic carbocycles. The van der Waals surface area contributed by atoms with E-state index in [1.165, 1.54) is 38.8 Å². The molecule has 2 N–H and O–H groups in total. The van der Waals surface area contributed by atoms with Crippen molar-refractivity contribution in [3.05, 3.63) is 0 Å². The molecule has 2 unspecified atom stereocenters. The molecule has 2 heterocycles. The normalized spacial score (nSPS) is 36.4. The van der Waals surface area contributed by atoms with Crippen LogP contribution >= 0.6 is 0 Å². The third-order valence-corrected chi connectivity index (χ3v) is 3.48. The van der Waals surface area contributed by atoms with Crippen LogP contribution in [0.2, 0.25) is 0 Å². The molecule has 0 aromatic heterocycles. The lowest BCUT2D eigenvalue weighted by Crippen LogP contribution is -2.46. The monoisotopic (exact) mass is 198 g/mol. The van der Waals surface area contributed by atoms with E-state index in [1.807, 2.05) is 6.92 Å². The highest BCUT2D eigenvalue weighted by atomic mass is 16.3. The Hall–Kier alpha value is -0.120. The van der Waals surface area contributed by atoms with E-state index in [9.17, 15) is 5.11 Å². The van der Waals surface area contributed by atoms with Gasteiger partial charge in [0.25, 0.3) is 0 Å². The van der Waals surface area contributed by atoms with Crippen LogP contribution in [0.25, 0.3) is 0 Å². The lowest BCUT2D eigenvalue weighted by atomic mass is 10.0. The van der Waals surface area contributed by atoms with Crippen LogP contribution in [0.3, 0.4) is 0 Å². The Kier molecular flexibility index (Phi) is 3.42. The molecular formula is C11H22N2O. The van der Waals surface area contributed by atoms with E-state index in [4.69, 9.17) is 0 Å². The van der Waals surface area contributed by atoms with Crippen LogP contribution in [0.15, 0.2) is 0 Å². The summed E-state index contributed by atoms with van der Waals surface area (Å²) in [5, 5.41) is 13.0. The first-order chi connectivity index (χ1) is 6.77. The summed E-state index contributed by atoms with van der Waals surface area (Å²) in [6, 6.07) is 1.38. The molecule has 0 spiro atoms. The standard InChI is InChI=1S/C11H22N2O/c1-9(14)8-13-7-3-5-11(13)10-4-2-6-12-10/h9-12,14H,2-8H2,1H3/t9-,10?,11?/m1/s1. The molecule has 0 aliphatic carbocycles. The van der Waals surface area contributed by atoms with Crippen LogP contribution in [0.1, 0.15) is 32.6 Å². The van der Waals surface area contributed by atoms with E-state index in [0.717, 1.165) is 6.54 Å². The molecular weight excluding hydrogens is 176 g/mol. The molecule has 2 saturated heterocycles. The van der Waals surface area contributed by atoms with Gasteiger partial charge >= 0.3 is 0 Å². The van der Waals surface area contributed by atoms with Crippen molar-refractivity contribution in [2.24, 2.45) is 0 Å². The van der Waals surface area contributed by atoms with Crippen molar-refractivity contribution in [2.75, 3.05) is 19.6 Å². The van der Waals surface area contributed by atoms with Crippen LogP contribution in [0.4, 0.5) is 0 Å². The van der Waals surface area contributed by atoms with E-state index in [1.54, 1.807) is 0 Å². The van der Waals surface area contributed by atoms with Gasteiger partial charge in [-0.3, -0.25) is 4.90 Å². The predicted molar refractivity (Wildman–Crippen MR) is 57.3 cm³/mol. The number of rotatable bonds is 3. The summed E-state index contributed by atoms with van der Waals surface area (Å²) >= 11 is 0. The number of hydrogen-bond donors (Lipinski definition) is 2. The highest BCUT2D eigenvalue weighted by Crippen LogP contribution is 2.24. The predicted octanol–water partition coefficient (Wildman–Crippen LogP) is 0.584. The van der Waals surface area contributed by atoms with Gasteiger partial charge in [-0.2, -0.15) is 0 Å². The Labute approximate surface area is 86.5 Å². The molecule has 0 amide bonds. The van der Waals surface area contributed by atoms with Gasteiger partial charge < -0.3 is 10.4 Å². The van der Waals surface area contributed by atoms with Crippen molar-refractivity contribution >= 4 is 0 Å². The summed E-state index contributed by atoms with van der Waals surface area (Å²) in [5.41, 5.74) is 0. The number of nitrogens with one attached hydrogen (secondary N) is 1. The summed E-state index contributed by atoms with van der Waals surface area (Å²) in [7, 11) is 0. The SMILES string of the molecule is C[C@@H](O)CN1CCCC1C1CCCN1. The Balaban J connectivity index is 1.89. The second-order valence-corrected chi connectivity index (χ2v) is 4.76. The zero-order valence-corrected chi connectivity index (χ0v) is 9.08. The van der Waals surface area contributed by atoms with E-state index >= 15 is 0 Å². The molecule has 2 rings (SSSR count). The third kappa shape index (κ3) is 2.27. The Morgan fingerprint density at radius 3 is 2.93 bits per heavy atom. The van der Waals surface area contributed by atoms with Gasteiger partial charge in [-0.05, 0) is 45.7 Å². The van der Waals surface area contributed by atoms with Crippen molar-refractivity contribution in [1.82, 2.24) is 10.2 Å². The molecule has 0 saturated carbocycles. The fourth-order valence-electron chi connectivity index (χ4n) is 2.91. The average Bonchev–Trinajstić information content (AvgIpc) is 2.70. The summed E-state index contributed by atoms with van der Waals surface area (Å²) < 4.78 is 0. The van der Waals surface area contributed by atoms with E-state index in [-0.39, 0.29) is 6.10 Å². The minimum atomic E-state index is -0.183. The molecule has 3 heteroatoms. The van der Waals surface area contributed by atoms with Gasteiger partial charge in [-0.1, -0.05) is 0 Å². The highest BCUT2D eigenvalue weighted by Gasteiger charge is 2.33. The summed E-state index contributed by atoms with van der Waals surface area (Å²) in [6.45, 7) is 5.09. The zero-order chi connectivity index (χ0) is 9.97. The van der Waals surface area contributed by atoms with E-state index in [0.29, 0.717) is 12.1 Å². The number of nitrogens with zero attached hydrogens (tertiary/aromatic N) is 1. The number of β-amino-alcohol motifs (C(OH)–C–C–N with tert-alkyl or cyclic N) is 1. The van der Waals surface area contributed by atoms with Gasteiger partial charge in [0.1, 0.15) is 0 Å². The number of likely N-dealkylation sites (tertiary alicyclic amines) is 1. The maximum atomic E-state index is 9.41. The molecule has 0 aromatic rings. The fraction of sp³-hybridized carbons (Fsp3) is 1.00. The van der Waals surface area contributed by atoms with Gasteiger partial charge in [0.05, 0.1) is 6.10 Å². The van der Waals surface area contributed by atoms with Crippen molar-refractivity contribution in [3.8, 4) is 0 Å². The number of aliphatic hydroxyl groups is 1. The van der Waals surface area contributed by atoms with Crippen molar-refractivity contribution in [3.63, 3.8) is 0 Å². The van der Waals surface area contributed by atoms with Gasteiger partial charge in [0.15, 0.2) is 0 Å². The van der Waals surface area contributed by atoms with E-state index < -0.39 is 0 Å². The van der Waals surface area contributed by atoms with Gasteiger partial charge in [-0.25, -0.2) is 0 Å². The first-order valence-corrected chi connectivity index (χ1v) is 5.93. The van der Waals surface area contributed by atoms with Crippen LogP contribution in [0.5, 0.6) is 0 Å². The Morgan fingerprint density at radius 1 is 1.43 bits per heavy atom. The molecule has 0 radical (unpaired) electrons. The summed E-state index contributed by atoms with van der Waals surface area (Å²) in [6.07, 6.45) is 5.07. The molecule has 82 valence electrons. The summed E-state index contributed by atoms with van der Waals surface area (Å²) in [5.74, 6) is 0. The van der Waals surface area contributed by atoms with E-state index in [2.05, 4.69) is 10.2 Å². The van der Waals surface area contributed by atoms with Gasteiger partial charge in [0, 0.05) is 18.6 Å². The first-order valence-electron chi connectivity index (χ1n) is 5.93. The van der Waals surface area contributed by atoms with Crippen molar-refractivity contribution in [2.45, 2.75) is 50.8 Å². The molecule has 3 atom stereocenters. The minimum Gasteiger partial charge on any atom is -0.392 e. The fourth-order valence-corrected chi connectivity index (χ4v) is 2.91. The topological polar surface area (TPSA) is 35.5 Å². The second kappa shape index (κ2) is 4.60. The number of hydrogen-bond acceptors (Lipinski definition) is 3. The molecule has 2 fully saturated rings. The second-order valence-electron chi connectivity index (χ2n) is 4.76. The zero-order valence-electron chi connectivity index (χ0n) is 9.08. The lowest BCUT2D eigenvalue weighted by molar-refractivity contribution is 0.109. The van der Waals surface area contributed by atoms with Gasteiger partial charge in [-0.15, -0.1) is 0 Å². The first kappa shape index (κ1) is 10.4. The van der Waals surface area contributed by atoms with Crippen LogP contribution < -0.4 is 5.32 Å². The maximum absolute atomic E-state index is 9.41. The van der Waals surface area contributed by atoms with Crippen molar-refractivity contribution in [1.29, 1.82) is 0 Å². The molecule has 2 aliphatic heterocycles. The highest BCUT2D eigenvalue weighted by molar-refractivity contribution is 4.92. The Bertz CT molecular complexity index is 178. The third-order valence-electron chi connectivity index (χ3n) is 3.48.